The van der Waals surface area contributed by atoms with E-state index in [0.29, 0.717) is 31.5 Å². The van der Waals surface area contributed by atoms with E-state index < -0.39 is 5.60 Å². The molecule has 22 heavy (non-hydrogen) atoms. The molecule has 0 aliphatic carbocycles. The zero-order valence-corrected chi connectivity index (χ0v) is 13.0. The molecule has 2 amide bonds. The number of piperidine rings is 1. The minimum atomic E-state index is -0.457. The normalized spacial score (nSPS) is 21.5. The fourth-order valence-electron chi connectivity index (χ4n) is 2.81. The van der Waals surface area contributed by atoms with Crippen molar-refractivity contribution in [2.75, 3.05) is 27.2 Å². The first-order valence-corrected chi connectivity index (χ1v) is 7.42. The number of hydrogen-bond acceptors (Lipinski definition) is 5. The zero-order chi connectivity index (χ0) is 16.0. The Morgan fingerprint density at radius 3 is 2.91 bits per heavy atom. The Balaban J connectivity index is 2.06. The van der Waals surface area contributed by atoms with Gasteiger partial charge in [0, 0.05) is 33.7 Å². The van der Waals surface area contributed by atoms with E-state index in [0.717, 1.165) is 12.8 Å². The molecule has 1 aliphatic rings. The van der Waals surface area contributed by atoms with Gasteiger partial charge >= 0.3 is 0 Å². The Kier molecular flexibility index (Phi) is 5.43. The smallest absolute Gasteiger partial charge is 0.255 e. The van der Waals surface area contributed by atoms with Gasteiger partial charge in [0.15, 0.2) is 0 Å². The van der Waals surface area contributed by atoms with E-state index in [2.05, 4.69) is 15.5 Å². The monoisotopic (exact) mass is 306 g/mol. The molecule has 1 aromatic rings. The van der Waals surface area contributed by atoms with Gasteiger partial charge in [-0.05, 0) is 25.3 Å². The van der Waals surface area contributed by atoms with Crippen molar-refractivity contribution in [3.63, 3.8) is 0 Å². The van der Waals surface area contributed by atoms with Crippen molar-refractivity contribution in [3.8, 4) is 0 Å². The average Bonchev–Trinajstić information content (AvgIpc) is 2.60. The van der Waals surface area contributed by atoms with Gasteiger partial charge < -0.3 is 15.0 Å². The van der Waals surface area contributed by atoms with Gasteiger partial charge in [-0.3, -0.25) is 9.59 Å². The van der Waals surface area contributed by atoms with Crippen LogP contribution in [0.15, 0.2) is 18.5 Å². The summed E-state index contributed by atoms with van der Waals surface area (Å²) in [5, 5.41) is 10.0. The van der Waals surface area contributed by atoms with E-state index in [1.165, 1.54) is 12.4 Å². The van der Waals surface area contributed by atoms with Crippen LogP contribution in [0.2, 0.25) is 0 Å². The van der Waals surface area contributed by atoms with Gasteiger partial charge in [0.05, 0.1) is 23.6 Å². The van der Waals surface area contributed by atoms with Crippen LogP contribution in [-0.2, 0) is 9.53 Å². The van der Waals surface area contributed by atoms with Crippen LogP contribution in [0.1, 0.15) is 36.0 Å². The van der Waals surface area contributed by atoms with Crippen LogP contribution in [0.5, 0.6) is 0 Å². The van der Waals surface area contributed by atoms with E-state index in [1.54, 1.807) is 25.1 Å². The number of carbonyl (C=O) groups is 2. The van der Waals surface area contributed by atoms with Gasteiger partial charge in [-0.1, -0.05) is 0 Å². The van der Waals surface area contributed by atoms with Crippen molar-refractivity contribution >= 4 is 11.8 Å². The second-order valence-corrected chi connectivity index (χ2v) is 5.52. The molecule has 1 aromatic heterocycles. The summed E-state index contributed by atoms with van der Waals surface area (Å²) in [5.41, 5.74) is 0.0640. The highest BCUT2D eigenvalue weighted by Gasteiger charge is 2.37. The third-order valence-corrected chi connectivity index (χ3v) is 4.18. The lowest BCUT2D eigenvalue weighted by atomic mass is 9.87. The number of methoxy groups -OCH3 is 1. The molecule has 1 atom stereocenters. The molecule has 2 rings (SSSR count). The van der Waals surface area contributed by atoms with Crippen LogP contribution in [0.4, 0.5) is 0 Å². The summed E-state index contributed by atoms with van der Waals surface area (Å²) in [6, 6.07) is 1.66. The van der Waals surface area contributed by atoms with Crippen molar-refractivity contribution in [2.24, 2.45) is 0 Å². The first-order chi connectivity index (χ1) is 10.6. The quantitative estimate of drug-likeness (QED) is 0.862. The van der Waals surface area contributed by atoms with Crippen molar-refractivity contribution in [1.82, 2.24) is 20.4 Å². The highest BCUT2D eigenvalue weighted by atomic mass is 16.5. The Bertz CT molecular complexity index is 523. The van der Waals surface area contributed by atoms with Crippen molar-refractivity contribution in [1.29, 1.82) is 0 Å². The summed E-state index contributed by atoms with van der Waals surface area (Å²) in [6.45, 7) is 1.17. The number of likely N-dealkylation sites (tertiary alicyclic amines) is 1. The van der Waals surface area contributed by atoms with Gasteiger partial charge in [0.25, 0.3) is 5.91 Å². The molecule has 0 saturated carbocycles. The Morgan fingerprint density at radius 2 is 2.27 bits per heavy atom. The van der Waals surface area contributed by atoms with Gasteiger partial charge in [0.2, 0.25) is 5.91 Å². The third-order valence-electron chi connectivity index (χ3n) is 4.18. The van der Waals surface area contributed by atoms with Crippen molar-refractivity contribution < 1.29 is 14.3 Å². The minimum Gasteiger partial charge on any atom is -0.376 e. The van der Waals surface area contributed by atoms with Gasteiger partial charge in [-0.25, -0.2) is 0 Å². The molecule has 1 saturated heterocycles. The standard InChI is InChI=1S/C15H22N4O3/c1-16-13(20)4-7-15(22-2)6-3-9-19(11-15)14(21)12-5-8-17-18-10-12/h5,8,10H,3-4,6-7,9,11H2,1-2H3,(H,16,20)/t15-/m1/s1. The van der Waals surface area contributed by atoms with Crippen molar-refractivity contribution in [3.05, 3.63) is 24.0 Å². The van der Waals surface area contributed by atoms with E-state index in [4.69, 9.17) is 4.74 Å². The van der Waals surface area contributed by atoms with Crippen LogP contribution in [0.25, 0.3) is 0 Å². The van der Waals surface area contributed by atoms with E-state index >= 15 is 0 Å². The second-order valence-electron chi connectivity index (χ2n) is 5.52. The molecular formula is C15H22N4O3. The van der Waals surface area contributed by atoms with Gasteiger partial charge in [0.1, 0.15) is 0 Å². The van der Waals surface area contributed by atoms with Gasteiger partial charge in [-0.2, -0.15) is 10.2 Å². The Hall–Kier alpha value is -2.02. The molecule has 1 aliphatic heterocycles. The van der Waals surface area contributed by atoms with Crippen LogP contribution >= 0.6 is 0 Å². The molecule has 120 valence electrons. The fraction of sp³-hybridized carbons (Fsp3) is 0.600. The fourth-order valence-corrected chi connectivity index (χ4v) is 2.81. The molecule has 1 N–H and O–H groups in total. The lowest BCUT2D eigenvalue weighted by Gasteiger charge is -2.42. The number of ether oxygens (including phenoxy) is 1. The summed E-state index contributed by atoms with van der Waals surface area (Å²) in [7, 11) is 3.26. The summed E-state index contributed by atoms with van der Waals surface area (Å²) in [6.07, 6.45) is 5.66. The molecular weight excluding hydrogens is 284 g/mol. The van der Waals surface area contributed by atoms with Gasteiger partial charge in [-0.15, -0.1) is 0 Å². The molecule has 0 radical (unpaired) electrons. The maximum atomic E-state index is 12.5. The van der Waals surface area contributed by atoms with E-state index in [9.17, 15) is 9.59 Å². The van der Waals surface area contributed by atoms with E-state index in [1.807, 2.05) is 0 Å². The average molecular weight is 306 g/mol. The summed E-state index contributed by atoms with van der Waals surface area (Å²) >= 11 is 0. The lowest BCUT2D eigenvalue weighted by Crippen LogP contribution is -2.51. The first kappa shape index (κ1) is 16.4. The molecule has 0 unspecified atom stereocenters. The molecule has 1 fully saturated rings. The summed E-state index contributed by atoms with van der Waals surface area (Å²) in [5.74, 6) is -0.0887. The van der Waals surface area contributed by atoms with E-state index in [-0.39, 0.29) is 11.8 Å². The van der Waals surface area contributed by atoms with Crippen molar-refractivity contribution in [2.45, 2.75) is 31.3 Å². The van der Waals surface area contributed by atoms with Crippen LogP contribution in [-0.4, -0.2) is 59.8 Å². The van der Waals surface area contributed by atoms with Crippen LogP contribution < -0.4 is 5.32 Å². The predicted octanol–water partition coefficient (Wildman–Crippen LogP) is 0.624. The molecule has 7 nitrogen and oxygen atoms in total. The number of hydrogen-bond donors (Lipinski definition) is 1. The number of nitrogens with one attached hydrogen (secondary N) is 1. The molecule has 2 heterocycles. The highest BCUT2D eigenvalue weighted by Crippen LogP contribution is 2.30. The maximum absolute atomic E-state index is 12.5. The number of carbonyl (C=O) groups excluding carboxylic acids is 2. The third kappa shape index (κ3) is 3.79. The summed E-state index contributed by atoms with van der Waals surface area (Å²) in [4.78, 5) is 25.8. The topological polar surface area (TPSA) is 84.4 Å². The molecule has 0 aromatic carbocycles. The second kappa shape index (κ2) is 7.31. The largest absolute Gasteiger partial charge is 0.376 e. The number of rotatable bonds is 5. The first-order valence-electron chi connectivity index (χ1n) is 7.42. The van der Waals surface area contributed by atoms with Crippen LogP contribution in [0, 0.1) is 0 Å². The SMILES string of the molecule is CNC(=O)CC[C@]1(OC)CCCN(C(=O)c2ccnnc2)C1. The maximum Gasteiger partial charge on any atom is 0.255 e. The number of nitrogens with zero attached hydrogens (tertiary/aromatic N) is 3. The highest BCUT2D eigenvalue weighted by molar-refractivity contribution is 5.93. The molecule has 0 spiro atoms. The Morgan fingerprint density at radius 1 is 1.45 bits per heavy atom. The number of aromatic nitrogens is 2. The predicted molar refractivity (Wildman–Crippen MR) is 80.2 cm³/mol. The number of amides is 2. The lowest BCUT2D eigenvalue weighted by molar-refractivity contribution is -0.123. The summed E-state index contributed by atoms with van der Waals surface area (Å²) < 4.78 is 5.69. The zero-order valence-electron chi connectivity index (χ0n) is 13.0. The molecule has 7 heteroatoms. The Labute approximate surface area is 130 Å². The molecule has 0 bridgehead atoms. The minimum absolute atomic E-state index is 0.0155. The van der Waals surface area contributed by atoms with Crippen LogP contribution in [0.3, 0.4) is 0 Å².